The molecule has 34 heavy (non-hydrogen) atoms. The van der Waals surface area contributed by atoms with E-state index >= 15 is 0 Å². The van der Waals surface area contributed by atoms with Crippen LogP contribution in [-0.4, -0.2) is 73.0 Å². The lowest BCUT2D eigenvalue weighted by molar-refractivity contribution is -0.0948. The number of alkyl halides is 2. The summed E-state index contributed by atoms with van der Waals surface area (Å²) in [5, 5.41) is 2.64. The van der Waals surface area contributed by atoms with Crippen molar-refractivity contribution >= 4 is 28.3 Å². The maximum Gasteiger partial charge on any atom is 0.257 e. The molecule has 1 aromatic carbocycles. The summed E-state index contributed by atoms with van der Waals surface area (Å²) in [6.45, 7) is 4.53. The molecule has 2 fully saturated rings. The molecule has 1 N–H and O–H groups in total. The standard InChI is InChI=1S/C22H31F4N3O3S.ClH/c1-3-15-33(31,32)29-13-11-28(12-14-29)21(7-9-22(25,26)10-8-21)16(2)27-20(30)19-17(23)5-4-6-18(19)24;/h4-6,16H,3,7-15H2,1-2H3,(H,27,30);1H. The molecular formula is C22H32ClF4N3O3S. The van der Waals surface area contributed by atoms with E-state index in [1.54, 1.807) is 13.8 Å². The van der Waals surface area contributed by atoms with Crippen molar-refractivity contribution in [2.75, 3.05) is 31.9 Å². The number of hydrogen-bond donors (Lipinski definition) is 1. The van der Waals surface area contributed by atoms with Gasteiger partial charge in [0.25, 0.3) is 5.91 Å². The molecule has 3 rings (SSSR count). The maximum absolute atomic E-state index is 14.1. The number of carbonyl (C=O) groups excluding carboxylic acids is 1. The van der Waals surface area contributed by atoms with Gasteiger partial charge in [-0.25, -0.2) is 26.0 Å². The predicted octanol–water partition coefficient (Wildman–Crippen LogP) is 3.81. The van der Waals surface area contributed by atoms with E-state index in [2.05, 4.69) is 5.32 Å². The third-order valence-corrected chi connectivity index (χ3v) is 8.99. The first-order chi connectivity index (χ1) is 15.4. The summed E-state index contributed by atoms with van der Waals surface area (Å²) in [6.07, 6.45) is -0.117. The van der Waals surface area contributed by atoms with Gasteiger partial charge in [-0.15, -0.1) is 12.4 Å². The highest BCUT2D eigenvalue weighted by Gasteiger charge is 2.50. The van der Waals surface area contributed by atoms with Crippen molar-refractivity contribution in [2.24, 2.45) is 0 Å². The van der Waals surface area contributed by atoms with Crippen LogP contribution in [-0.2, 0) is 10.0 Å². The quantitative estimate of drug-likeness (QED) is 0.545. The van der Waals surface area contributed by atoms with E-state index in [9.17, 15) is 30.8 Å². The zero-order chi connectivity index (χ0) is 24.4. The molecule has 6 nitrogen and oxygen atoms in total. The summed E-state index contributed by atoms with van der Waals surface area (Å²) < 4.78 is 82.5. The third kappa shape index (κ3) is 6.03. The molecule has 1 amide bonds. The van der Waals surface area contributed by atoms with Crippen molar-refractivity contribution in [3.8, 4) is 0 Å². The zero-order valence-electron chi connectivity index (χ0n) is 19.3. The van der Waals surface area contributed by atoms with Gasteiger partial charge >= 0.3 is 0 Å². The number of benzene rings is 1. The number of hydrogen-bond acceptors (Lipinski definition) is 4. The van der Waals surface area contributed by atoms with Crippen LogP contribution in [0.5, 0.6) is 0 Å². The van der Waals surface area contributed by atoms with E-state index < -0.39 is 50.6 Å². The monoisotopic (exact) mass is 529 g/mol. The summed E-state index contributed by atoms with van der Waals surface area (Å²) in [6, 6.07) is 2.42. The minimum absolute atomic E-state index is 0. The van der Waals surface area contributed by atoms with E-state index in [1.807, 2.05) is 4.90 Å². The van der Waals surface area contributed by atoms with Gasteiger partial charge in [-0.3, -0.25) is 9.69 Å². The minimum atomic E-state index is -3.38. The summed E-state index contributed by atoms with van der Waals surface area (Å²) in [5.41, 5.74) is -1.59. The molecule has 1 atom stereocenters. The first-order valence-corrected chi connectivity index (χ1v) is 12.9. The van der Waals surface area contributed by atoms with Gasteiger partial charge in [-0.1, -0.05) is 13.0 Å². The fourth-order valence-electron chi connectivity index (χ4n) is 4.99. The number of amides is 1. The number of halogens is 5. The van der Waals surface area contributed by atoms with Gasteiger partial charge < -0.3 is 5.32 Å². The van der Waals surface area contributed by atoms with Crippen molar-refractivity contribution in [1.82, 2.24) is 14.5 Å². The smallest absolute Gasteiger partial charge is 0.257 e. The SMILES string of the molecule is CCCS(=O)(=O)N1CCN(C2(C(C)NC(=O)c3c(F)cccc3F)CCC(F)(F)CC2)CC1.Cl. The van der Waals surface area contributed by atoms with Crippen LogP contribution in [0.25, 0.3) is 0 Å². The van der Waals surface area contributed by atoms with Crippen LogP contribution < -0.4 is 5.32 Å². The summed E-state index contributed by atoms with van der Waals surface area (Å²) >= 11 is 0. The Morgan fingerprint density at radius 1 is 1.06 bits per heavy atom. The highest BCUT2D eigenvalue weighted by Crippen LogP contribution is 2.44. The molecule has 1 unspecified atom stereocenters. The lowest BCUT2D eigenvalue weighted by Gasteiger charge is -2.53. The molecule has 1 aliphatic carbocycles. The van der Waals surface area contributed by atoms with Crippen LogP contribution in [0.2, 0.25) is 0 Å². The molecular weight excluding hydrogens is 498 g/mol. The van der Waals surface area contributed by atoms with Crippen LogP contribution in [0.4, 0.5) is 17.6 Å². The summed E-state index contributed by atoms with van der Waals surface area (Å²) in [4.78, 5) is 14.7. The molecule has 2 aliphatic rings. The van der Waals surface area contributed by atoms with Gasteiger partial charge in [0.15, 0.2) is 0 Å². The second-order valence-electron chi connectivity index (χ2n) is 8.95. The molecule has 0 aromatic heterocycles. The second kappa shape index (κ2) is 11.1. The molecule has 1 aromatic rings. The van der Waals surface area contributed by atoms with Gasteiger partial charge in [-0.2, -0.15) is 4.31 Å². The van der Waals surface area contributed by atoms with E-state index in [4.69, 9.17) is 0 Å². The largest absolute Gasteiger partial charge is 0.348 e. The van der Waals surface area contributed by atoms with E-state index in [1.165, 1.54) is 4.31 Å². The Balaban J connectivity index is 0.00000408. The van der Waals surface area contributed by atoms with Crippen LogP contribution in [0.15, 0.2) is 18.2 Å². The van der Waals surface area contributed by atoms with Crippen LogP contribution in [0.3, 0.4) is 0 Å². The maximum atomic E-state index is 14.1. The number of rotatable bonds is 7. The molecule has 0 radical (unpaired) electrons. The Morgan fingerprint density at radius 3 is 2.09 bits per heavy atom. The first kappa shape index (κ1) is 28.8. The van der Waals surface area contributed by atoms with Crippen LogP contribution in [0.1, 0.15) is 56.3 Å². The molecule has 194 valence electrons. The lowest BCUT2D eigenvalue weighted by Crippen LogP contribution is -2.67. The second-order valence-corrected chi connectivity index (χ2v) is 11.0. The molecule has 0 spiro atoms. The van der Waals surface area contributed by atoms with Gasteiger partial charge in [0.1, 0.15) is 17.2 Å². The van der Waals surface area contributed by atoms with Gasteiger partial charge in [-0.05, 0) is 38.3 Å². The Morgan fingerprint density at radius 2 is 1.59 bits per heavy atom. The molecule has 1 saturated carbocycles. The molecule has 0 bridgehead atoms. The predicted molar refractivity (Wildman–Crippen MR) is 124 cm³/mol. The molecule has 1 saturated heterocycles. The lowest BCUT2D eigenvalue weighted by atomic mass is 9.73. The van der Waals surface area contributed by atoms with Gasteiger partial charge in [0, 0.05) is 50.6 Å². The van der Waals surface area contributed by atoms with Crippen molar-refractivity contribution in [3.63, 3.8) is 0 Å². The number of sulfonamides is 1. The van der Waals surface area contributed by atoms with Crippen molar-refractivity contribution < 1.29 is 30.8 Å². The summed E-state index contributed by atoms with van der Waals surface area (Å²) in [7, 11) is -3.38. The number of nitrogens with one attached hydrogen (secondary N) is 1. The number of nitrogens with zero attached hydrogens (tertiary/aromatic N) is 2. The molecule has 1 aliphatic heterocycles. The average Bonchev–Trinajstić information content (AvgIpc) is 2.74. The zero-order valence-corrected chi connectivity index (χ0v) is 21.0. The Hall–Kier alpha value is -1.43. The fraction of sp³-hybridized carbons (Fsp3) is 0.682. The molecule has 1 heterocycles. The van der Waals surface area contributed by atoms with Crippen LogP contribution in [0, 0.1) is 11.6 Å². The Labute approximate surface area is 204 Å². The Kier molecular flexibility index (Phi) is 9.40. The summed E-state index contributed by atoms with van der Waals surface area (Å²) in [5.74, 6) is -5.72. The van der Waals surface area contributed by atoms with E-state index in [0.29, 0.717) is 19.5 Å². The topological polar surface area (TPSA) is 69.7 Å². The number of carbonyl (C=O) groups is 1. The van der Waals surface area contributed by atoms with Gasteiger partial charge in [0.2, 0.25) is 15.9 Å². The molecule has 12 heteroatoms. The van der Waals surface area contributed by atoms with Crippen molar-refractivity contribution in [1.29, 1.82) is 0 Å². The highest BCUT2D eigenvalue weighted by atomic mass is 35.5. The van der Waals surface area contributed by atoms with Crippen molar-refractivity contribution in [3.05, 3.63) is 35.4 Å². The highest BCUT2D eigenvalue weighted by molar-refractivity contribution is 7.89. The fourth-order valence-corrected chi connectivity index (χ4v) is 6.48. The minimum Gasteiger partial charge on any atom is -0.348 e. The van der Waals surface area contributed by atoms with E-state index in [-0.39, 0.29) is 56.9 Å². The average molecular weight is 530 g/mol. The van der Waals surface area contributed by atoms with Gasteiger partial charge in [0.05, 0.1) is 5.75 Å². The third-order valence-electron chi connectivity index (χ3n) is 6.91. The van der Waals surface area contributed by atoms with Crippen molar-refractivity contribution in [2.45, 2.75) is 63.5 Å². The van der Waals surface area contributed by atoms with E-state index in [0.717, 1.165) is 18.2 Å². The normalized spacial score (nSPS) is 21.9. The Bertz CT molecular complexity index is 942. The number of piperazine rings is 1. The van der Waals surface area contributed by atoms with Crippen LogP contribution >= 0.6 is 12.4 Å². The first-order valence-electron chi connectivity index (χ1n) is 11.3.